The summed E-state index contributed by atoms with van der Waals surface area (Å²) in [5, 5.41) is 10.6. The van der Waals surface area contributed by atoms with E-state index in [-0.39, 0.29) is 24.4 Å². The van der Waals surface area contributed by atoms with Crippen LogP contribution in [0.3, 0.4) is 0 Å². The molecular formula is C12H21ClN4O. The molecule has 2 N–H and O–H groups in total. The average Bonchev–Trinajstić information content (AvgIpc) is 2.83. The number of amides is 1. The molecule has 5 nitrogen and oxygen atoms in total. The third-order valence-electron chi connectivity index (χ3n) is 3.22. The van der Waals surface area contributed by atoms with Gasteiger partial charge >= 0.3 is 0 Å². The van der Waals surface area contributed by atoms with Crippen LogP contribution in [0.25, 0.3) is 0 Å². The van der Waals surface area contributed by atoms with Gasteiger partial charge in [-0.05, 0) is 45.8 Å². The largest absolute Gasteiger partial charge is 0.352 e. The minimum atomic E-state index is -0.515. The number of nitrogens with zero attached hydrogens (tertiary/aromatic N) is 2. The maximum absolute atomic E-state index is 12.4. The average molecular weight is 273 g/mol. The summed E-state index contributed by atoms with van der Waals surface area (Å²) < 4.78 is 1.81. The summed E-state index contributed by atoms with van der Waals surface area (Å²) in [7, 11) is 0. The van der Waals surface area contributed by atoms with E-state index in [0.29, 0.717) is 0 Å². The van der Waals surface area contributed by atoms with Gasteiger partial charge in [0, 0.05) is 18.4 Å². The zero-order valence-electron chi connectivity index (χ0n) is 10.8. The van der Waals surface area contributed by atoms with Gasteiger partial charge in [0.05, 0.1) is 0 Å². The van der Waals surface area contributed by atoms with Crippen molar-refractivity contribution >= 4 is 18.3 Å². The summed E-state index contributed by atoms with van der Waals surface area (Å²) in [6.45, 7) is 5.67. The Morgan fingerprint density at radius 3 is 2.61 bits per heavy atom. The van der Waals surface area contributed by atoms with Crippen molar-refractivity contribution in [2.75, 3.05) is 13.1 Å². The second-order valence-electron chi connectivity index (χ2n) is 4.86. The van der Waals surface area contributed by atoms with Gasteiger partial charge in [0.25, 0.3) is 0 Å². The van der Waals surface area contributed by atoms with Crippen molar-refractivity contribution in [1.82, 2.24) is 20.4 Å². The van der Waals surface area contributed by atoms with Crippen molar-refractivity contribution in [3.63, 3.8) is 0 Å². The van der Waals surface area contributed by atoms with Gasteiger partial charge in [-0.25, -0.2) is 0 Å². The molecule has 18 heavy (non-hydrogen) atoms. The number of nitrogens with one attached hydrogen (secondary N) is 2. The summed E-state index contributed by atoms with van der Waals surface area (Å²) in [5.41, 5.74) is -0.515. The van der Waals surface area contributed by atoms with E-state index in [2.05, 4.69) is 15.7 Å². The van der Waals surface area contributed by atoms with Crippen LogP contribution in [-0.4, -0.2) is 34.8 Å². The topological polar surface area (TPSA) is 59.0 Å². The van der Waals surface area contributed by atoms with Gasteiger partial charge in [0.15, 0.2) is 0 Å². The molecule has 0 unspecified atom stereocenters. The van der Waals surface area contributed by atoms with E-state index in [4.69, 9.17) is 0 Å². The quantitative estimate of drug-likeness (QED) is 0.860. The van der Waals surface area contributed by atoms with E-state index < -0.39 is 5.54 Å². The molecule has 0 saturated carbocycles. The number of halogens is 1. The van der Waals surface area contributed by atoms with Crippen molar-refractivity contribution in [3.05, 3.63) is 18.5 Å². The lowest BCUT2D eigenvalue weighted by atomic mass is 9.87. The van der Waals surface area contributed by atoms with E-state index in [0.717, 1.165) is 25.9 Å². The molecule has 1 aromatic heterocycles. The number of aromatic nitrogens is 2. The van der Waals surface area contributed by atoms with Crippen molar-refractivity contribution in [2.45, 2.75) is 38.3 Å². The molecule has 1 amide bonds. The SMILES string of the molecule is CC(C)NC(=O)C1(n2cccn2)CCNCC1.Cl. The van der Waals surface area contributed by atoms with Gasteiger partial charge in [0.2, 0.25) is 5.91 Å². The fourth-order valence-corrected chi connectivity index (χ4v) is 2.32. The van der Waals surface area contributed by atoms with E-state index >= 15 is 0 Å². The Bertz CT molecular complexity index is 371. The first kappa shape index (κ1) is 15.0. The maximum Gasteiger partial charge on any atom is 0.248 e. The van der Waals surface area contributed by atoms with Crippen LogP contribution in [0.15, 0.2) is 18.5 Å². The first-order valence-electron chi connectivity index (χ1n) is 6.17. The van der Waals surface area contributed by atoms with Crippen LogP contribution in [0.1, 0.15) is 26.7 Å². The summed E-state index contributed by atoms with van der Waals surface area (Å²) in [6, 6.07) is 2.02. The van der Waals surface area contributed by atoms with Crippen molar-refractivity contribution in [1.29, 1.82) is 0 Å². The Labute approximate surface area is 114 Å². The van der Waals surface area contributed by atoms with Crippen LogP contribution in [0.5, 0.6) is 0 Å². The number of carbonyl (C=O) groups is 1. The molecule has 0 aliphatic carbocycles. The predicted molar refractivity (Wildman–Crippen MR) is 72.8 cm³/mol. The number of carbonyl (C=O) groups excluding carboxylic acids is 1. The third kappa shape index (κ3) is 2.84. The number of rotatable bonds is 3. The van der Waals surface area contributed by atoms with Gasteiger partial charge in [-0.1, -0.05) is 0 Å². The Hall–Kier alpha value is -1.07. The van der Waals surface area contributed by atoms with E-state index in [1.54, 1.807) is 6.20 Å². The highest BCUT2D eigenvalue weighted by Crippen LogP contribution is 2.27. The molecule has 2 heterocycles. The molecule has 0 atom stereocenters. The van der Waals surface area contributed by atoms with Crippen LogP contribution in [0, 0.1) is 0 Å². The van der Waals surface area contributed by atoms with Gasteiger partial charge in [-0.3, -0.25) is 9.48 Å². The van der Waals surface area contributed by atoms with E-state index in [1.165, 1.54) is 0 Å². The monoisotopic (exact) mass is 272 g/mol. The molecule has 1 aromatic rings. The van der Waals surface area contributed by atoms with Crippen LogP contribution >= 0.6 is 12.4 Å². The standard InChI is InChI=1S/C12H20N4O.ClH/c1-10(2)15-11(17)12(4-7-13-8-5-12)16-9-3-6-14-16;/h3,6,9-10,13H,4-5,7-8H2,1-2H3,(H,15,17);1H. The minimum Gasteiger partial charge on any atom is -0.352 e. The summed E-state index contributed by atoms with van der Waals surface area (Å²) in [4.78, 5) is 12.4. The smallest absolute Gasteiger partial charge is 0.248 e. The van der Waals surface area contributed by atoms with Gasteiger partial charge in [0.1, 0.15) is 5.54 Å². The fraction of sp³-hybridized carbons (Fsp3) is 0.667. The van der Waals surface area contributed by atoms with Gasteiger partial charge in [-0.2, -0.15) is 5.10 Å². The fourth-order valence-electron chi connectivity index (χ4n) is 2.32. The molecule has 0 aromatic carbocycles. The molecule has 1 fully saturated rings. The highest BCUT2D eigenvalue weighted by Gasteiger charge is 2.41. The zero-order valence-corrected chi connectivity index (χ0v) is 11.7. The molecular weight excluding hydrogens is 252 g/mol. The highest BCUT2D eigenvalue weighted by molar-refractivity contribution is 5.85. The van der Waals surface area contributed by atoms with Crippen molar-refractivity contribution < 1.29 is 4.79 Å². The molecule has 1 aliphatic heterocycles. The maximum atomic E-state index is 12.4. The summed E-state index contributed by atoms with van der Waals surface area (Å²) >= 11 is 0. The van der Waals surface area contributed by atoms with Gasteiger partial charge in [-0.15, -0.1) is 12.4 Å². The van der Waals surface area contributed by atoms with Crippen molar-refractivity contribution in [2.24, 2.45) is 0 Å². The molecule has 102 valence electrons. The lowest BCUT2D eigenvalue weighted by molar-refractivity contribution is -0.132. The minimum absolute atomic E-state index is 0. The molecule has 0 bridgehead atoms. The second-order valence-corrected chi connectivity index (χ2v) is 4.86. The number of hydrogen-bond donors (Lipinski definition) is 2. The Morgan fingerprint density at radius 1 is 1.44 bits per heavy atom. The Kier molecular flexibility index (Phi) is 5.16. The van der Waals surface area contributed by atoms with Gasteiger partial charge < -0.3 is 10.6 Å². The first-order chi connectivity index (χ1) is 8.15. The Morgan fingerprint density at radius 2 is 2.11 bits per heavy atom. The molecule has 0 radical (unpaired) electrons. The second kappa shape index (κ2) is 6.20. The van der Waals surface area contributed by atoms with Crippen LogP contribution in [0.2, 0.25) is 0 Å². The molecule has 1 saturated heterocycles. The number of piperidine rings is 1. The number of hydrogen-bond acceptors (Lipinski definition) is 3. The third-order valence-corrected chi connectivity index (χ3v) is 3.22. The first-order valence-corrected chi connectivity index (χ1v) is 6.17. The van der Waals surface area contributed by atoms with Crippen LogP contribution < -0.4 is 10.6 Å². The summed E-state index contributed by atoms with van der Waals surface area (Å²) in [6.07, 6.45) is 5.18. The summed E-state index contributed by atoms with van der Waals surface area (Å²) in [5.74, 6) is 0.0812. The van der Waals surface area contributed by atoms with Crippen LogP contribution in [-0.2, 0) is 10.3 Å². The Balaban J connectivity index is 0.00000162. The van der Waals surface area contributed by atoms with E-state index in [9.17, 15) is 4.79 Å². The van der Waals surface area contributed by atoms with Crippen molar-refractivity contribution in [3.8, 4) is 0 Å². The molecule has 0 spiro atoms. The lowest BCUT2D eigenvalue weighted by Crippen LogP contribution is -2.55. The van der Waals surface area contributed by atoms with E-state index in [1.807, 2.05) is 30.8 Å². The normalized spacial score (nSPS) is 18.2. The molecule has 6 heteroatoms. The molecule has 2 rings (SSSR count). The van der Waals surface area contributed by atoms with Crippen LogP contribution in [0.4, 0.5) is 0 Å². The predicted octanol–water partition coefficient (Wildman–Crippen LogP) is 0.908. The molecule has 1 aliphatic rings. The highest BCUT2D eigenvalue weighted by atomic mass is 35.5. The lowest BCUT2D eigenvalue weighted by Gasteiger charge is -2.37. The zero-order chi connectivity index (χ0) is 12.3.